The summed E-state index contributed by atoms with van der Waals surface area (Å²) >= 11 is 6.23. The molecule has 0 aromatic heterocycles. The van der Waals surface area contributed by atoms with Crippen LogP contribution in [0.25, 0.3) is 0 Å². The Bertz CT molecular complexity index is 583. The number of nitrogens with zero attached hydrogens (tertiary/aromatic N) is 1. The number of hydrogen-bond acceptors (Lipinski definition) is 3. The van der Waals surface area contributed by atoms with Crippen LogP contribution in [0.1, 0.15) is 12.8 Å². The van der Waals surface area contributed by atoms with Gasteiger partial charge in [-0.25, -0.2) is 4.79 Å². The molecule has 2 aliphatic rings. The molecule has 1 heterocycles. The van der Waals surface area contributed by atoms with Gasteiger partial charge in [-0.15, -0.1) is 0 Å². The summed E-state index contributed by atoms with van der Waals surface area (Å²) in [6, 6.07) is 7.70. The monoisotopic (exact) mass is 337 g/mol. The van der Waals surface area contributed by atoms with Crippen molar-refractivity contribution in [3.8, 4) is 0 Å². The van der Waals surface area contributed by atoms with E-state index in [2.05, 4.69) is 15.5 Å². The van der Waals surface area contributed by atoms with Crippen LogP contribution in [-0.4, -0.2) is 50.7 Å². The maximum atomic E-state index is 11.9. The number of para-hydroxylation sites is 1. The van der Waals surface area contributed by atoms with Gasteiger partial charge in [-0.1, -0.05) is 23.7 Å². The van der Waals surface area contributed by atoms with Crippen LogP contribution in [0.5, 0.6) is 0 Å². The highest BCUT2D eigenvalue weighted by molar-refractivity contribution is 6.33. The van der Waals surface area contributed by atoms with Gasteiger partial charge in [0.25, 0.3) is 5.91 Å². The van der Waals surface area contributed by atoms with Gasteiger partial charge in [-0.05, 0) is 25.0 Å². The first kappa shape index (κ1) is 16.1. The van der Waals surface area contributed by atoms with Crippen LogP contribution >= 0.6 is 11.6 Å². The van der Waals surface area contributed by atoms with E-state index in [1.807, 2.05) is 24.3 Å². The lowest BCUT2D eigenvalue weighted by Crippen LogP contribution is -3.16. The van der Waals surface area contributed by atoms with Gasteiger partial charge in [0, 0.05) is 6.04 Å². The van der Waals surface area contributed by atoms with Crippen LogP contribution in [-0.2, 0) is 4.79 Å². The molecule has 1 aromatic carbocycles. The molecule has 3 amide bonds. The van der Waals surface area contributed by atoms with Gasteiger partial charge >= 0.3 is 6.03 Å². The largest absolute Gasteiger partial charge is 0.359 e. The number of carbonyl (C=O) groups excluding carboxylic acids is 2. The second kappa shape index (κ2) is 7.19. The fourth-order valence-electron chi connectivity index (χ4n) is 2.80. The van der Waals surface area contributed by atoms with Crippen LogP contribution in [0.2, 0.25) is 5.02 Å². The van der Waals surface area contributed by atoms with Crippen LogP contribution < -0.4 is 20.4 Å². The second-order valence-corrected chi connectivity index (χ2v) is 6.57. The molecule has 0 atom stereocenters. The molecule has 2 fully saturated rings. The van der Waals surface area contributed by atoms with Crippen molar-refractivity contribution in [1.82, 2.24) is 10.6 Å². The minimum atomic E-state index is -0.369. The second-order valence-electron chi connectivity index (χ2n) is 6.16. The molecule has 0 radical (unpaired) electrons. The van der Waals surface area contributed by atoms with E-state index in [1.54, 1.807) is 0 Å². The normalized spacial score (nSPS) is 18.6. The molecule has 124 valence electrons. The SMILES string of the molecule is O=C(C[NH+]1CCN(c2ccccc2Cl)CC1)NC(=O)NC1CC1. The van der Waals surface area contributed by atoms with Gasteiger partial charge in [0.05, 0.1) is 36.9 Å². The molecule has 3 N–H and O–H groups in total. The van der Waals surface area contributed by atoms with Crippen LogP contribution in [0.15, 0.2) is 24.3 Å². The third-order valence-electron chi connectivity index (χ3n) is 4.24. The van der Waals surface area contributed by atoms with Gasteiger partial charge in [0.2, 0.25) is 0 Å². The molecular weight excluding hydrogens is 316 g/mol. The summed E-state index contributed by atoms with van der Waals surface area (Å²) in [6.45, 7) is 3.72. The summed E-state index contributed by atoms with van der Waals surface area (Å²) in [5, 5.41) is 5.91. The Hall–Kier alpha value is -1.79. The Kier molecular flexibility index (Phi) is 5.03. The quantitative estimate of drug-likeness (QED) is 0.726. The van der Waals surface area contributed by atoms with E-state index in [4.69, 9.17) is 11.6 Å². The molecule has 6 nitrogen and oxygen atoms in total. The maximum Gasteiger partial charge on any atom is 0.321 e. The zero-order valence-corrected chi connectivity index (χ0v) is 13.7. The minimum Gasteiger partial charge on any atom is -0.359 e. The molecule has 3 rings (SSSR count). The third kappa shape index (κ3) is 4.59. The van der Waals surface area contributed by atoms with Gasteiger partial charge in [0.1, 0.15) is 0 Å². The number of benzene rings is 1. The highest BCUT2D eigenvalue weighted by Crippen LogP contribution is 2.24. The summed E-state index contributed by atoms with van der Waals surface area (Å²) in [4.78, 5) is 26.9. The zero-order valence-electron chi connectivity index (χ0n) is 13.0. The van der Waals surface area contributed by atoms with Crippen molar-refractivity contribution in [1.29, 1.82) is 0 Å². The molecule has 0 spiro atoms. The fraction of sp³-hybridized carbons (Fsp3) is 0.500. The molecule has 23 heavy (non-hydrogen) atoms. The summed E-state index contributed by atoms with van der Waals surface area (Å²) in [5.41, 5.74) is 1.04. The molecule has 1 aromatic rings. The van der Waals surface area contributed by atoms with Gasteiger partial charge in [0.15, 0.2) is 6.54 Å². The number of carbonyl (C=O) groups is 2. The number of quaternary nitrogens is 1. The van der Waals surface area contributed by atoms with Crippen LogP contribution in [0.3, 0.4) is 0 Å². The lowest BCUT2D eigenvalue weighted by Gasteiger charge is -2.33. The van der Waals surface area contributed by atoms with E-state index >= 15 is 0 Å². The average molecular weight is 338 g/mol. The standard InChI is InChI=1S/C16H21ClN4O2/c17-13-3-1-2-4-14(13)21-9-7-20(8-10-21)11-15(22)19-16(23)18-12-5-6-12/h1-4,12H,5-11H2,(H2,18,19,22,23)/p+1. The first-order chi connectivity index (χ1) is 11.1. The van der Waals surface area contributed by atoms with Gasteiger partial charge < -0.3 is 15.1 Å². The smallest absolute Gasteiger partial charge is 0.321 e. The van der Waals surface area contributed by atoms with Gasteiger partial charge in [-0.2, -0.15) is 0 Å². The minimum absolute atomic E-state index is 0.218. The number of amides is 3. The molecule has 0 unspecified atom stereocenters. The van der Waals surface area contributed by atoms with Crippen molar-refractivity contribution >= 4 is 29.2 Å². The van der Waals surface area contributed by atoms with E-state index in [1.165, 1.54) is 4.90 Å². The molecule has 1 aliphatic carbocycles. The highest BCUT2D eigenvalue weighted by atomic mass is 35.5. The van der Waals surface area contributed by atoms with E-state index < -0.39 is 0 Å². The number of nitrogens with one attached hydrogen (secondary N) is 3. The Morgan fingerprint density at radius 1 is 1.22 bits per heavy atom. The van der Waals surface area contributed by atoms with Crippen molar-refractivity contribution in [2.24, 2.45) is 0 Å². The number of hydrogen-bond donors (Lipinski definition) is 3. The van der Waals surface area contributed by atoms with E-state index in [-0.39, 0.29) is 18.0 Å². The lowest BCUT2D eigenvalue weighted by molar-refractivity contribution is -0.892. The van der Waals surface area contributed by atoms with Crippen molar-refractivity contribution in [2.75, 3.05) is 37.6 Å². The molecule has 1 saturated carbocycles. The Morgan fingerprint density at radius 2 is 1.91 bits per heavy atom. The van der Waals surface area contributed by atoms with Crippen molar-refractivity contribution in [3.05, 3.63) is 29.3 Å². The van der Waals surface area contributed by atoms with Crippen molar-refractivity contribution in [3.63, 3.8) is 0 Å². The number of halogens is 1. The van der Waals surface area contributed by atoms with Crippen molar-refractivity contribution < 1.29 is 14.5 Å². The average Bonchev–Trinajstić information content (AvgIpc) is 3.32. The summed E-state index contributed by atoms with van der Waals surface area (Å²) in [6.07, 6.45) is 2.02. The van der Waals surface area contributed by atoms with Crippen molar-refractivity contribution in [2.45, 2.75) is 18.9 Å². The first-order valence-corrected chi connectivity index (χ1v) is 8.43. The summed E-state index contributed by atoms with van der Waals surface area (Å²) < 4.78 is 0. The highest BCUT2D eigenvalue weighted by Gasteiger charge is 2.26. The molecule has 7 heteroatoms. The topological polar surface area (TPSA) is 65.9 Å². The zero-order chi connectivity index (χ0) is 16.2. The van der Waals surface area contributed by atoms with Crippen LogP contribution in [0, 0.1) is 0 Å². The molecule has 0 bridgehead atoms. The molecule has 1 aliphatic heterocycles. The summed E-state index contributed by atoms with van der Waals surface area (Å²) in [5.74, 6) is -0.218. The number of rotatable bonds is 4. The molecular formula is C16H22ClN4O2+. The number of imide groups is 1. The predicted molar refractivity (Wildman–Crippen MR) is 88.9 cm³/mol. The molecule has 1 saturated heterocycles. The Balaban J connectivity index is 1.42. The predicted octanol–water partition coefficient (Wildman–Crippen LogP) is 0.0331. The van der Waals surface area contributed by atoms with E-state index in [0.29, 0.717) is 6.54 Å². The van der Waals surface area contributed by atoms with E-state index in [9.17, 15) is 9.59 Å². The number of piperazine rings is 1. The first-order valence-electron chi connectivity index (χ1n) is 8.05. The maximum absolute atomic E-state index is 11.9. The third-order valence-corrected chi connectivity index (χ3v) is 4.56. The van der Waals surface area contributed by atoms with Crippen LogP contribution in [0.4, 0.5) is 10.5 Å². The Labute approximate surface area is 140 Å². The number of urea groups is 1. The van der Waals surface area contributed by atoms with Gasteiger partial charge in [-0.3, -0.25) is 10.1 Å². The van der Waals surface area contributed by atoms with E-state index in [0.717, 1.165) is 49.7 Å². The Morgan fingerprint density at radius 3 is 2.57 bits per heavy atom. The summed E-state index contributed by atoms with van der Waals surface area (Å²) in [7, 11) is 0. The fourth-order valence-corrected chi connectivity index (χ4v) is 3.05. The lowest BCUT2D eigenvalue weighted by atomic mass is 10.2. The number of anilines is 1.